The zero-order chi connectivity index (χ0) is 46.3. The number of para-hydroxylation sites is 2. The zero-order valence-electron chi connectivity index (χ0n) is 38.6. The normalized spacial score (nSPS) is 12.5. The molecule has 0 unspecified atom stereocenters. The van der Waals surface area contributed by atoms with Gasteiger partial charge >= 0.3 is 0 Å². The first-order valence-corrected chi connectivity index (χ1v) is 24.6. The maximum Gasteiger partial charge on any atom is 0.142 e. The zero-order valence-corrected chi connectivity index (χ0v) is 39.4. The van der Waals surface area contributed by atoms with Gasteiger partial charge in [0.25, 0.3) is 0 Å². The van der Waals surface area contributed by atoms with Crippen LogP contribution in [0.5, 0.6) is 0 Å². The second kappa shape index (κ2) is 18.1. The molecule has 0 aliphatic heterocycles. The van der Waals surface area contributed by atoms with Crippen molar-refractivity contribution in [2.45, 2.75) is 32.6 Å². The summed E-state index contributed by atoms with van der Waals surface area (Å²) in [5.41, 5.74) is 16.8. The molecule has 0 spiro atoms. The van der Waals surface area contributed by atoms with Crippen LogP contribution < -0.4 is 9.80 Å². The molecule has 0 amide bonds. The fourth-order valence-corrected chi connectivity index (χ4v) is 11.1. The number of benzene rings is 8. The molecule has 8 aromatic carbocycles. The molecule has 0 fully saturated rings. The van der Waals surface area contributed by atoms with Gasteiger partial charge < -0.3 is 14.2 Å². The van der Waals surface area contributed by atoms with Crippen LogP contribution in [0.25, 0.3) is 75.6 Å². The van der Waals surface area contributed by atoms with Crippen LogP contribution in [-0.2, 0) is 0 Å². The summed E-state index contributed by atoms with van der Waals surface area (Å²) in [6.07, 6.45) is 12.7. The molecule has 0 radical (unpaired) electrons. The van der Waals surface area contributed by atoms with Gasteiger partial charge in [0.05, 0.1) is 0 Å². The Labute approximate surface area is 407 Å². The van der Waals surface area contributed by atoms with Crippen LogP contribution in [0.15, 0.2) is 241 Å². The number of pyridine rings is 1. The molecule has 332 valence electrons. The SMILES string of the molecule is CC(C)c1cc2cc(-c3cncc4c3sc3ccccc34)cc(-c3cccc(N(c4ccccc4)c4cccc(-c5cccc(-c6ccc(N(C7=CC=CCC7)c7ccccc7)cc6)c5)c4)c3)c2o1. The average molecular weight is 908 g/mol. The van der Waals surface area contributed by atoms with Crippen LogP contribution in [0.2, 0.25) is 0 Å². The van der Waals surface area contributed by atoms with Gasteiger partial charge in [0, 0.05) is 89.1 Å². The molecule has 3 aromatic heterocycles. The summed E-state index contributed by atoms with van der Waals surface area (Å²) in [4.78, 5) is 9.52. The first-order valence-electron chi connectivity index (χ1n) is 23.8. The van der Waals surface area contributed by atoms with Crippen LogP contribution in [0, 0.1) is 0 Å². The highest BCUT2D eigenvalue weighted by molar-refractivity contribution is 7.26. The van der Waals surface area contributed by atoms with E-state index in [1.54, 1.807) is 0 Å². The van der Waals surface area contributed by atoms with E-state index in [2.05, 4.69) is 242 Å². The van der Waals surface area contributed by atoms with Gasteiger partial charge in [-0.1, -0.05) is 135 Å². The van der Waals surface area contributed by atoms with Crippen LogP contribution in [0.3, 0.4) is 0 Å². The van der Waals surface area contributed by atoms with Crippen molar-refractivity contribution in [1.29, 1.82) is 0 Å². The van der Waals surface area contributed by atoms with Gasteiger partial charge in [0.15, 0.2) is 0 Å². The maximum atomic E-state index is 6.74. The van der Waals surface area contributed by atoms with Gasteiger partial charge in [-0.05, 0) is 143 Å². The Kier molecular flexibility index (Phi) is 11.0. The summed E-state index contributed by atoms with van der Waals surface area (Å²) in [5.74, 6) is 1.22. The minimum atomic E-state index is 0.243. The fourth-order valence-electron chi connectivity index (χ4n) is 9.85. The number of allylic oxidation sites excluding steroid dienone is 4. The van der Waals surface area contributed by atoms with Crippen LogP contribution in [-0.4, -0.2) is 4.98 Å². The summed E-state index contributed by atoms with van der Waals surface area (Å²) < 4.78 is 9.25. The quantitative estimate of drug-likeness (QED) is 0.129. The summed E-state index contributed by atoms with van der Waals surface area (Å²) in [7, 11) is 0. The van der Waals surface area contributed by atoms with E-state index in [9.17, 15) is 0 Å². The molecule has 5 heteroatoms. The fraction of sp³-hybridized carbons (Fsp3) is 0.0781. The number of furan rings is 1. The molecule has 12 rings (SSSR count). The third-order valence-corrected chi connectivity index (χ3v) is 14.5. The Morgan fingerprint density at radius 3 is 1.84 bits per heavy atom. The van der Waals surface area contributed by atoms with Crippen LogP contribution in [0.1, 0.15) is 38.4 Å². The Morgan fingerprint density at radius 2 is 1.12 bits per heavy atom. The summed E-state index contributed by atoms with van der Waals surface area (Å²) >= 11 is 1.83. The number of rotatable bonds is 11. The number of hydrogen-bond acceptors (Lipinski definition) is 5. The lowest BCUT2D eigenvalue weighted by molar-refractivity contribution is 0.522. The third kappa shape index (κ3) is 8.11. The van der Waals surface area contributed by atoms with Crippen molar-refractivity contribution in [3.8, 4) is 44.5 Å². The smallest absolute Gasteiger partial charge is 0.142 e. The first-order chi connectivity index (χ1) is 34.0. The highest BCUT2D eigenvalue weighted by Crippen LogP contribution is 2.45. The average Bonchev–Trinajstić information content (AvgIpc) is 4.03. The van der Waals surface area contributed by atoms with E-state index in [-0.39, 0.29) is 5.92 Å². The van der Waals surface area contributed by atoms with E-state index in [1.807, 2.05) is 23.7 Å². The minimum Gasteiger partial charge on any atom is -0.460 e. The van der Waals surface area contributed by atoms with E-state index >= 15 is 0 Å². The largest absolute Gasteiger partial charge is 0.460 e. The number of fused-ring (bicyclic) bond motifs is 4. The highest BCUT2D eigenvalue weighted by Gasteiger charge is 2.21. The molecule has 0 bridgehead atoms. The van der Waals surface area contributed by atoms with E-state index in [0.717, 1.165) is 85.7 Å². The monoisotopic (exact) mass is 907 g/mol. The number of hydrogen-bond donors (Lipinski definition) is 0. The Morgan fingerprint density at radius 1 is 0.493 bits per heavy atom. The lowest BCUT2D eigenvalue weighted by atomic mass is 9.96. The molecule has 4 nitrogen and oxygen atoms in total. The maximum absolute atomic E-state index is 6.74. The van der Waals surface area contributed by atoms with Gasteiger partial charge in [-0.3, -0.25) is 4.98 Å². The van der Waals surface area contributed by atoms with Gasteiger partial charge in [-0.2, -0.15) is 0 Å². The molecular formula is C64H49N3OS. The topological polar surface area (TPSA) is 32.5 Å². The number of nitrogens with zero attached hydrogens (tertiary/aromatic N) is 3. The lowest BCUT2D eigenvalue weighted by Gasteiger charge is -2.29. The van der Waals surface area contributed by atoms with Gasteiger partial charge in [-0.15, -0.1) is 11.3 Å². The molecule has 11 aromatic rings. The molecule has 0 saturated carbocycles. The van der Waals surface area contributed by atoms with Gasteiger partial charge in [0.1, 0.15) is 11.3 Å². The van der Waals surface area contributed by atoms with Gasteiger partial charge in [-0.25, -0.2) is 0 Å². The van der Waals surface area contributed by atoms with Crippen molar-refractivity contribution in [1.82, 2.24) is 4.98 Å². The van der Waals surface area contributed by atoms with E-state index in [4.69, 9.17) is 9.40 Å². The van der Waals surface area contributed by atoms with Gasteiger partial charge in [0.2, 0.25) is 0 Å². The molecule has 69 heavy (non-hydrogen) atoms. The van der Waals surface area contributed by atoms with Crippen LogP contribution in [0.4, 0.5) is 28.4 Å². The molecule has 0 atom stereocenters. The van der Waals surface area contributed by atoms with Crippen molar-refractivity contribution in [3.63, 3.8) is 0 Å². The number of aromatic nitrogens is 1. The molecular weight excluding hydrogens is 859 g/mol. The third-order valence-electron chi connectivity index (χ3n) is 13.3. The minimum absolute atomic E-state index is 0.243. The van der Waals surface area contributed by atoms with Crippen molar-refractivity contribution in [2.75, 3.05) is 9.80 Å². The first kappa shape index (κ1) is 42.1. The molecule has 1 aliphatic rings. The van der Waals surface area contributed by atoms with E-state index < -0.39 is 0 Å². The summed E-state index contributed by atoms with van der Waals surface area (Å²) in [6, 6.07) is 72.5. The number of thiophene rings is 1. The molecule has 1 aliphatic carbocycles. The molecule has 0 saturated heterocycles. The standard InChI is InChI=1S/C64H49N3OS/c1-43(2)61-40-50-36-49(59-41-65-42-60-57-29-12-13-30-62(57)69-64(59)60)39-58(63(50)68-61)48-20-16-28-56(38-48)67(53-25-10-5-11-26-53)55-27-15-19-47(37-55)46-18-14-17-45(35-46)44-31-33-54(34-32-44)66(51-21-6-3-7-22-51)52-23-8-4-9-24-52/h3-8,10-23,25-43H,9,24H2,1-2H3. The van der Waals surface area contributed by atoms with Crippen molar-refractivity contribution < 1.29 is 4.42 Å². The lowest BCUT2D eigenvalue weighted by Crippen LogP contribution is -2.17. The van der Waals surface area contributed by atoms with E-state index in [1.165, 1.54) is 42.7 Å². The number of anilines is 5. The van der Waals surface area contributed by atoms with Crippen LogP contribution >= 0.6 is 11.3 Å². The van der Waals surface area contributed by atoms with Crippen molar-refractivity contribution in [3.05, 3.63) is 242 Å². The van der Waals surface area contributed by atoms with Crippen molar-refractivity contribution >= 4 is 70.9 Å². The Bertz CT molecular complexity index is 3710. The Balaban J connectivity index is 0.915. The molecule has 0 N–H and O–H groups in total. The Hall–Kier alpha value is -8.25. The summed E-state index contributed by atoms with van der Waals surface area (Å²) in [5, 5.41) is 3.51. The summed E-state index contributed by atoms with van der Waals surface area (Å²) in [6.45, 7) is 4.38. The molecule has 3 heterocycles. The predicted molar refractivity (Wildman–Crippen MR) is 292 cm³/mol. The second-order valence-electron chi connectivity index (χ2n) is 18.1. The predicted octanol–water partition coefficient (Wildman–Crippen LogP) is 18.8. The van der Waals surface area contributed by atoms with E-state index in [0.29, 0.717) is 0 Å². The highest BCUT2D eigenvalue weighted by atomic mass is 32.1. The second-order valence-corrected chi connectivity index (χ2v) is 19.2. The van der Waals surface area contributed by atoms with Crippen molar-refractivity contribution in [2.24, 2.45) is 0 Å².